The summed E-state index contributed by atoms with van der Waals surface area (Å²) < 4.78 is 29.9. The molecule has 36 heavy (non-hydrogen) atoms. The quantitative estimate of drug-likeness (QED) is 0.273. The van der Waals surface area contributed by atoms with Crippen LogP contribution in [0.2, 0.25) is 5.02 Å². The molecule has 2 aromatic heterocycles. The average Bonchev–Trinajstić information content (AvgIpc) is 3.41. The Labute approximate surface area is 212 Å². The van der Waals surface area contributed by atoms with E-state index in [1.54, 1.807) is 30.3 Å². The molecule has 3 heterocycles. The number of amides is 1. The van der Waals surface area contributed by atoms with Crippen molar-refractivity contribution < 1.29 is 13.2 Å². The Balaban J connectivity index is 1.57. The summed E-state index contributed by atoms with van der Waals surface area (Å²) in [5.74, 6) is -0.761. The molecule has 1 aliphatic heterocycles. The molecule has 0 spiro atoms. The van der Waals surface area contributed by atoms with E-state index in [4.69, 9.17) is 11.6 Å². The van der Waals surface area contributed by atoms with Crippen molar-refractivity contribution in [1.82, 2.24) is 20.0 Å². The Kier molecular flexibility index (Phi) is 5.40. The summed E-state index contributed by atoms with van der Waals surface area (Å²) in [5.41, 5.74) is 4.67. The number of fused-ring (bicyclic) bond motifs is 4. The minimum absolute atomic E-state index is 0.110. The van der Waals surface area contributed by atoms with Gasteiger partial charge in [-0.2, -0.15) is 0 Å². The van der Waals surface area contributed by atoms with Gasteiger partial charge in [-0.15, -0.1) is 0 Å². The first-order valence-electron chi connectivity index (χ1n) is 11.6. The molecule has 0 unspecified atom stereocenters. The predicted octanol–water partition coefficient (Wildman–Crippen LogP) is 4.83. The third-order valence-electron chi connectivity index (χ3n) is 6.82. The molecule has 5 aromatic rings. The first-order chi connectivity index (χ1) is 17.3. The third-order valence-corrected chi connectivity index (χ3v) is 8.56. The maximum absolute atomic E-state index is 13.5. The Morgan fingerprint density at radius 1 is 0.972 bits per heavy atom. The zero-order chi connectivity index (χ0) is 25.0. The lowest BCUT2D eigenvalue weighted by Crippen LogP contribution is -2.45. The number of H-pyrrole nitrogens is 2. The lowest BCUT2D eigenvalue weighted by atomic mass is 9.84. The Morgan fingerprint density at radius 3 is 2.56 bits per heavy atom. The van der Waals surface area contributed by atoms with E-state index >= 15 is 0 Å². The van der Waals surface area contributed by atoms with Crippen LogP contribution < -0.4 is 10.0 Å². The number of benzene rings is 3. The predicted molar refractivity (Wildman–Crippen MR) is 141 cm³/mol. The van der Waals surface area contributed by atoms with Crippen LogP contribution >= 0.6 is 11.6 Å². The fourth-order valence-electron chi connectivity index (χ4n) is 5.11. The normalized spacial score (nSPS) is 18.2. The van der Waals surface area contributed by atoms with Gasteiger partial charge >= 0.3 is 0 Å². The summed E-state index contributed by atoms with van der Waals surface area (Å²) in [6.07, 6.45) is 1.88. The summed E-state index contributed by atoms with van der Waals surface area (Å²) in [5, 5.41) is 5.22. The number of carbonyl (C=O) groups excluding carboxylic acids is 1. The van der Waals surface area contributed by atoms with Crippen LogP contribution in [0.5, 0.6) is 0 Å². The molecule has 2 atom stereocenters. The Morgan fingerprint density at radius 2 is 1.75 bits per heavy atom. The molecule has 0 radical (unpaired) electrons. The molecule has 3 aromatic carbocycles. The SMILES string of the molecule is Cc1ccc(S(=O)(=O)N[C@H]2CNC(=O)c3[nH]c4ccccc4c3[C@@H]2c2c[nH]c3ccc(Cl)cc23)cc1. The number of carbonyl (C=O) groups is 1. The van der Waals surface area contributed by atoms with Gasteiger partial charge in [0.15, 0.2) is 0 Å². The number of nitrogens with one attached hydrogen (secondary N) is 4. The van der Waals surface area contributed by atoms with Gasteiger partial charge in [0.25, 0.3) is 5.91 Å². The van der Waals surface area contributed by atoms with Gasteiger partial charge in [0.1, 0.15) is 5.69 Å². The van der Waals surface area contributed by atoms with Crippen molar-refractivity contribution in [2.24, 2.45) is 0 Å². The molecule has 0 saturated carbocycles. The van der Waals surface area contributed by atoms with Crippen LogP contribution in [0.4, 0.5) is 0 Å². The van der Waals surface area contributed by atoms with Gasteiger partial charge in [0.05, 0.1) is 10.9 Å². The second-order valence-corrected chi connectivity index (χ2v) is 11.3. The highest BCUT2D eigenvalue weighted by Gasteiger charge is 2.38. The van der Waals surface area contributed by atoms with Gasteiger partial charge in [0.2, 0.25) is 10.0 Å². The number of sulfonamides is 1. The van der Waals surface area contributed by atoms with Crippen molar-refractivity contribution in [3.05, 3.63) is 100 Å². The maximum Gasteiger partial charge on any atom is 0.268 e. The first kappa shape index (κ1) is 22.8. The molecule has 182 valence electrons. The monoisotopic (exact) mass is 518 g/mol. The fourth-order valence-corrected chi connectivity index (χ4v) is 6.53. The van der Waals surface area contributed by atoms with Crippen LogP contribution in [0.1, 0.15) is 33.1 Å². The van der Waals surface area contributed by atoms with Gasteiger partial charge in [0, 0.05) is 45.5 Å². The lowest BCUT2D eigenvalue weighted by Gasteiger charge is -2.26. The lowest BCUT2D eigenvalue weighted by molar-refractivity contribution is 0.0950. The maximum atomic E-state index is 13.5. The zero-order valence-corrected chi connectivity index (χ0v) is 20.9. The van der Waals surface area contributed by atoms with E-state index < -0.39 is 22.0 Å². The van der Waals surface area contributed by atoms with Gasteiger partial charge in [-0.05, 0) is 54.4 Å². The third kappa shape index (κ3) is 3.78. The largest absolute Gasteiger partial charge is 0.361 e. The number of hydrogen-bond acceptors (Lipinski definition) is 3. The van der Waals surface area contributed by atoms with Gasteiger partial charge in [-0.1, -0.05) is 47.5 Å². The van der Waals surface area contributed by atoms with Gasteiger partial charge in [-0.3, -0.25) is 4.79 Å². The van der Waals surface area contributed by atoms with Gasteiger partial charge < -0.3 is 15.3 Å². The molecule has 6 rings (SSSR count). The molecule has 0 fully saturated rings. The molecule has 7 nitrogen and oxygen atoms in total. The summed E-state index contributed by atoms with van der Waals surface area (Å²) in [7, 11) is -3.88. The summed E-state index contributed by atoms with van der Waals surface area (Å²) in [4.78, 5) is 19.9. The second-order valence-electron chi connectivity index (χ2n) is 9.12. The van der Waals surface area contributed by atoms with Crippen LogP contribution in [0.25, 0.3) is 21.8 Å². The van der Waals surface area contributed by atoms with Crippen LogP contribution in [0.3, 0.4) is 0 Å². The van der Waals surface area contributed by atoms with E-state index in [2.05, 4.69) is 20.0 Å². The number of aryl methyl sites for hydroxylation is 1. The van der Waals surface area contributed by atoms with E-state index in [1.165, 1.54) is 0 Å². The number of halogens is 1. The number of para-hydroxylation sites is 1. The molecule has 1 aliphatic rings. The van der Waals surface area contributed by atoms with Crippen LogP contribution in [0.15, 0.2) is 77.8 Å². The highest BCUT2D eigenvalue weighted by molar-refractivity contribution is 7.89. The molecule has 0 bridgehead atoms. The van der Waals surface area contributed by atoms with Crippen molar-refractivity contribution in [3.8, 4) is 0 Å². The van der Waals surface area contributed by atoms with Crippen molar-refractivity contribution in [2.75, 3.05) is 6.54 Å². The average molecular weight is 519 g/mol. The number of rotatable bonds is 4. The van der Waals surface area contributed by atoms with E-state index in [0.29, 0.717) is 10.7 Å². The second kappa shape index (κ2) is 8.51. The van der Waals surface area contributed by atoms with E-state index in [0.717, 1.165) is 38.5 Å². The van der Waals surface area contributed by atoms with Crippen molar-refractivity contribution in [3.63, 3.8) is 0 Å². The highest BCUT2D eigenvalue weighted by Crippen LogP contribution is 2.41. The van der Waals surface area contributed by atoms with Crippen LogP contribution in [0, 0.1) is 6.92 Å². The van der Waals surface area contributed by atoms with Crippen LogP contribution in [-0.4, -0.2) is 36.9 Å². The topological polar surface area (TPSA) is 107 Å². The number of aromatic nitrogens is 2. The summed E-state index contributed by atoms with van der Waals surface area (Å²) >= 11 is 6.35. The van der Waals surface area contributed by atoms with E-state index in [1.807, 2.05) is 49.5 Å². The fraction of sp³-hybridized carbons (Fsp3) is 0.148. The van der Waals surface area contributed by atoms with Crippen molar-refractivity contribution in [2.45, 2.75) is 23.8 Å². The minimum Gasteiger partial charge on any atom is -0.361 e. The molecule has 4 N–H and O–H groups in total. The number of hydrogen-bond donors (Lipinski definition) is 4. The Hall–Kier alpha value is -3.59. The molecule has 1 amide bonds. The van der Waals surface area contributed by atoms with Crippen LogP contribution in [-0.2, 0) is 10.0 Å². The van der Waals surface area contributed by atoms with E-state index in [9.17, 15) is 13.2 Å². The Bertz CT molecular complexity index is 1740. The minimum atomic E-state index is -3.88. The summed E-state index contributed by atoms with van der Waals surface area (Å²) in [6, 6.07) is 19.3. The summed E-state index contributed by atoms with van der Waals surface area (Å²) in [6.45, 7) is 2.01. The molecular formula is C27H23ClN4O3S. The standard InChI is InChI=1S/C27H23ClN4O3S/c1-15-6-9-17(10-7-15)36(34,35)32-23-14-30-27(33)26-25(18-4-2-3-5-22(18)31-26)24(23)20-13-29-21-11-8-16(28)12-19(20)21/h2-13,23-24,29,31-32H,14H2,1H3,(H,30,33)/t23-,24+/m0/s1. The molecular weight excluding hydrogens is 496 g/mol. The first-order valence-corrected chi connectivity index (χ1v) is 13.4. The van der Waals surface area contributed by atoms with Crippen molar-refractivity contribution in [1.29, 1.82) is 0 Å². The van der Waals surface area contributed by atoms with Gasteiger partial charge in [-0.25, -0.2) is 13.1 Å². The van der Waals surface area contributed by atoms with E-state index in [-0.39, 0.29) is 17.3 Å². The molecule has 0 aliphatic carbocycles. The smallest absolute Gasteiger partial charge is 0.268 e. The molecule has 9 heteroatoms. The zero-order valence-electron chi connectivity index (χ0n) is 19.3. The molecule has 0 saturated heterocycles. The van der Waals surface area contributed by atoms with Crippen molar-refractivity contribution >= 4 is 49.3 Å². The number of aromatic amines is 2. The highest BCUT2D eigenvalue weighted by atomic mass is 35.5.